The number of ether oxygens (including phenoxy) is 3. The van der Waals surface area contributed by atoms with Gasteiger partial charge < -0.3 is 23.9 Å². The molecule has 1 N–H and O–H groups in total. The molecule has 0 spiro atoms. The molecule has 2 aromatic heterocycles. The monoisotopic (exact) mass is 844 g/mol. The summed E-state index contributed by atoms with van der Waals surface area (Å²) in [5, 5.41) is 10.1. The molecule has 4 atom stereocenters. The van der Waals surface area contributed by atoms with Gasteiger partial charge in [-0.05, 0) is 41.8 Å². The number of amides is 2. The van der Waals surface area contributed by atoms with Crippen LogP contribution in [0.3, 0.4) is 0 Å². The Hall–Kier alpha value is -6.71. The van der Waals surface area contributed by atoms with Crippen LogP contribution in [0.15, 0.2) is 117 Å². The minimum atomic E-state index is -1.54. The molecular weight excluding hydrogens is 804 g/mol. The molecule has 6 aromatic rings. The first-order valence-electron chi connectivity index (χ1n) is 19.8. The Morgan fingerprint density at radius 3 is 2.34 bits per heavy atom. The molecule has 1 aliphatic carbocycles. The topological polar surface area (TPSA) is 169 Å². The van der Waals surface area contributed by atoms with Crippen LogP contribution < -0.4 is 36.0 Å². The molecule has 312 valence electrons. The quantitative estimate of drug-likeness (QED) is 0.148. The predicted octanol–water partition coefficient (Wildman–Crippen LogP) is 4.14. The number of nitrogens with zero attached hydrogens (tertiary/aromatic N) is 6. The molecule has 2 aliphatic heterocycles. The molecule has 3 aliphatic rings. The van der Waals surface area contributed by atoms with Crippen LogP contribution >= 0.6 is 11.6 Å². The van der Waals surface area contributed by atoms with Crippen molar-refractivity contribution < 1.29 is 28.9 Å². The van der Waals surface area contributed by atoms with Gasteiger partial charge in [0, 0.05) is 48.6 Å². The second-order valence-corrected chi connectivity index (χ2v) is 15.7. The Morgan fingerprint density at radius 2 is 1.61 bits per heavy atom. The van der Waals surface area contributed by atoms with Gasteiger partial charge in [0.15, 0.2) is 11.5 Å². The van der Waals surface area contributed by atoms with Crippen LogP contribution in [0.2, 0.25) is 5.02 Å². The SMILES string of the molecule is COc1cc2nc(CCn3c(=O)n4n(c3=O)[C@@H]3C[C@H]5C(=O)N(c6cccc(Cl)c6)C(=O)[C@@]5(c5ccccc5)[C@@H](c5ccccc5OCCO)C3=CC4)c(=O)n(C)c2cc1OC. The lowest BCUT2D eigenvalue weighted by Gasteiger charge is -2.49. The number of imide groups is 1. The third-order valence-electron chi connectivity index (χ3n) is 12.3. The summed E-state index contributed by atoms with van der Waals surface area (Å²) in [6.07, 6.45) is 1.83. The normalized spacial score (nSPS) is 20.6. The first kappa shape index (κ1) is 39.7. The first-order chi connectivity index (χ1) is 29.5. The maximum atomic E-state index is 15.5. The van der Waals surface area contributed by atoms with Crippen LogP contribution in [0.25, 0.3) is 11.0 Å². The minimum Gasteiger partial charge on any atom is -0.493 e. The van der Waals surface area contributed by atoms with Crippen LogP contribution in [-0.4, -0.2) is 67.8 Å². The number of aliphatic hydroxyl groups excluding tert-OH is 1. The Labute approximate surface area is 353 Å². The lowest BCUT2D eigenvalue weighted by atomic mass is 9.53. The number of para-hydroxylation sites is 1. The second-order valence-electron chi connectivity index (χ2n) is 15.3. The lowest BCUT2D eigenvalue weighted by molar-refractivity contribution is -0.124. The molecule has 4 aromatic carbocycles. The lowest BCUT2D eigenvalue weighted by Crippen LogP contribution is -2.53. The van der Waals surface area contributed by atoms with Crippen molar-refractivity contribution in [2.75, 3.05) is 32.3 Å². The van der Waals surface area contributed by atoms with E-state index in [1.807, 2.05) is 48.5 Å². The largest absolute Gasteiger partial charge is 0.493 e. The molecule has 0 radical (unpaired) electrons. The van der Waals surface area contributed by atoms with Gasteiger partial charge in [-0.15, -0.1) is 0 Å². The molecule has 0 bridgehead atoms. The average Bonchev–Trinajstić information content (AvgIpc) is 3.66. The van der Waals surface area contributed by atoms with Crippen molar-refractivity contribution >= 4 is 40.1 Å². The number of aromatic nitrogens is 5. The Kier molecular flexibility index (Phi) is 10.0. The summed E-state index contributed by atoms with van der Waals surface area (Å²) in [5.74, 6) is -1.61. The van der Waals surface area contributed by atoms with Crippen molar-refractivity contribution in [3.8, 4) is 17.2 Å². The number of benzene rings is 4. The minimum absolute atomic E-state index is 0.0000406. The van der Waals surface area contributed by atoms with Gasteiger partial charge in [-0.1, -0.05) is 72.3 Å². The van der Waals surface area contributed by atoms with E-state index < -0.39 is 52.0 Å². The Morgan fingerprint density at radius 1 is 0.869 bits per heavy atom. The summed E-state index contributed by atoms with van der Waals surface area (Å²) in [7, 11) is 4.60. The molecule has 0 unspecified atom stereocenters. The summed E-state index contributed by atoms with van der Waals surface area (Å²) in [6.45, 7) is -0.480. The standard InChI is InChI=1S/C45H41ClN6O9/c1-48-35-25-38(60-3)37(59-2)24-33(35)47-32(41(48)55)17-18-49-43(57)50-19-16-29-34(52(50)44(49)58)23-31-40(54)51(28-13-9-12-27(46)22-28)42(56)45(31,26-10-5-4-6-11-26)39(29)30-14-7-8-15-36(30)61-21-20-53/h4-16,22,24-25,31,34,39,53H,17-21,23H2,1-3H3/t31-,34+,39+,45+/m0/s1. The Bertz CT molecular complexity index is 2970. The summed E-state index contributed by atoms with van der Waals surface area (Å²) < 4.78 is 22.2. The second kappa shape index (κ2) is 15.4. The number of carbonyl (C=O) groups excluding carboxylic acids is 2. The van der Waals surface area contributed by atoms with Gasteiger partial charge in [-0.2, -0.15) is 0 Å². The van der Waals surface area contributed by atoms with E-state index in [0.29, 0.717) is 55.7 Å². The first-order valence-corrected chi connectivity index (χ1v) is 20.2. The number of aliphatic hydroxyl groups is 1. The number of hydrogen-bond donors (Lipinski definition) is 1. The van der Waals surface area contributed by atoms with Crippen molar-refractivity contribution in [2.45, 2.75) is 43.3 Å². The highest BCUT2D eigenvalue weighted by Gasteiger charge is 2.69. The van der Waals surface area contributed by atoms with E-state index >= 15 is 9.59 Å². The van der Waals surface area contributed by atoms with Gasteiger partial charge in [0.2, 0.25) is 11.8 Å². The molecule has 16 heteroatoms. The third-order valence-corrected chi connectivity index (χ3v) is 12.5. The summed E-state index contributed by atoms with van der Waals surface area (Å²) >= 11 is 6.44. The van der Waals surface area contributed by atoms with E-state index in [1.54, 1.807) is 55.6 Å². The van der Waals surface area contributed by atoms with Crippen molar-refractivity contribution in [2.24, 2.45) is 13.0 Å². The molecular formula is C45H41ClN6O9. The van der Waals surface area contributed by atoms with Crippen LogP contribution in [0.5, 0.6) is 17.2 Å². The van der Waals surface area contributed by atoms with E-state index in [9.17, 15) is 19.5 Å². The summed E-state index contributed by atoms with van der Waals surface area (Å²) in [4.78, 5) is 78.9. The maximum Gasteiger partial charge on any atom is 0.347 e. The van der Waals surface area contributed by atoms with Gasteiger partial charge in [-0.3, -0.25) is 14.4 Å². The van der Waals surface area contributed by atoms with Gasteiger partial charge in [0.05, 0.1) is 61.5 Å². The van der Waals surface area contributed by atoms with Gasteiger partial charge in [-0.25, -0.2) is 33.4 Å². The molecule has 1 saturated carbocycles. The van der Waals surface area contributed by atoms with E-state index in [-0.39, 0.29) is 44.8 Å². The molecule has 15 nitrogen and oxygen atoms in total. The zero-order valence-corrected chi connectivity index (χ0v) is 34.2. The number of fused-ring (bicyclic) bond motifs is 5. The fourth-order valence-corrected chi connectivity index (χ4v) is 9.87. The summed E-state index contributed by atoms with van der Waals surface area (Å²) in [6, 6.07) is 25.4. The average molecular weight is 845 g/mol. The highest BCUT2D eigenvalue weighted by molar-refractivity contribution is 6.32. The van der Waals surface area contributed by atoms with Crippen molar-refractivity contribution in [3.63, 3.8) is 0 Å². The fourth-order valence-electron chi connectivity index (χ4n) is 9.69. The van der Waals surface area contributed by atoms with E-state index in [0.717, 1.165) is 4.57 Å². The number of methoxy groups -OCH3 is 2. The predicted molar refractivity (Wildman–Crippen MR) is 226 cm³/mol. The van der Waals surface area contributed by atoms with E-state index in [1.165, 1.54) is 33.1 Å². The summed E-state index contributed by atoms with van der Waals surface area (Å²) in [5.41, 5.74) is 0.0782. The van der Waals surface area contributed by atoms with Crippen LogP contribution in [0, 0.1) is 5.92 Å². The van der Waals surface area contributed by atoms with E-state index in [4.69, 9.17) is 25.8 Å². The third kappa shape index (κ3) is 6.04. The number of carbonyl (C=O) groups is 2. The van der Waals surface area contributed by atoms with Crippen LogP contribution in [0.1, 0.15) is 35.2 Å². The molecule has 9 rings (SSSR count). The number of allylic oxidation sites excluding steroid dienone is 2. The molecule has 4 heterocycles. The fraction of sp³-hybridized carbons (Fsp3) is 0.289. The molecule has 1 saturated heterocycles. The number of halogens is 1. The van der Waals surface area contributed by atoms with Gasteiger partial charge in [0.25, 0.3) is 5.56 Å². The molecule has 61 heavy (non-hydrogen) atoms. The van der Waals surface area contributed by atoms with Gasteiger partial charge in [0.1, 0.15) is 18.1 Å². The van der Waals surface area contributed by atoms with E-state index in [2.05, 4.69) is 4.98 Å². The zero-order chi connectivity index (χ0) is 42.7. The molecule has 2 fully saturated rings. The van der Waals surface area contributed by atoms with Crippen molar-refractivity contribution in [1.82, 2.24) is 23.5 Å². The van der Waals surface area contributed by atoms with Crippen LogP contribution in [0.4, 0.5) is 5.69 Å². The molecule has 2 amide bonds. The van der Waals surface area contributed by atoms with Gasteiger partial charge >= 0.3 is 11.4 Å². The zero-order valence-electron chi connectivity index (χ0n) is 33.5. The number of hydrogen-bond acceptors (Lipinski definition) is 10. The number of rotatable bonds is 11. The van der Waals surface area contributed by atoms with Crippen molar-refractivity contribution in [1.29, 1.82) is 0 Å². The maximum absolute atomic E-state index is 15.5. The van der Waals surface area contributed by atoms with Crippen LogP contribution in [-0.2, 0) is 41.6 Å². The highest BCUT2D eigenvalue weighted by atomic mass is 35.5. The van der Waals surface area contributed by atoms with Crippen molar-refractivity contribution in [3.05, 3.63) is 156 Å². The Balaban J connectivity index is 1.19. The number of anilines is 1. The number of aryl methyl sites for hydroxylation is 2. The smallest absolute Gasteiger partial charge is 0.347 e. The highest BCUT2D eigenvalue weighted by Crippen LogP contribution is 2.63.